The quantitative estimate of drug-likeness (QED) is 0.174. The topological polar surface area (TPSA) is 176 Å². The maximum atomic E-state index is 14.2. The fourth-order valence-electron chi connectivity index (χ4n) is 4.63. The summed E-state index contributed by atoms with van der Waals surface area (Å²) in [5.41, 5.74) is -0.0348. The number of sulfone groups is 1. The first-order valence-corrected chi connectivity index (χ1v) is 13.9. The van der Waals surface area contributed by atoms with Gasteiger partial charge < -0.3 is 4.74 Å². The van der Waals surface area contributed by atoms with Gasteiger partial charge in [-0.2, -0.15) is 0 Å². The molecule has 1 heterocycles. The van der Waals surface area contributed by atoms with Crippen molar-refractivity contribution in [3.8, 4) is 0 Å². The van der Waals surface area contributed by atoms with Gasteiger partial charge in [0.1, 0.15) is 5.25 Å². The van der Waals surface area contributed by atoms with E-state index in [1.165, 1.54) is 67.6 Å². The molecule has 4 rings (SSSR count). The van der Waals surface area contributed by atoms with Crippen LogP contribution in [-0.2, 0) is 19.4 Å². The van der Waals surface area contributed by atoms with Crippen LogP contribution in [0.2, 0.25) is 5.02 Å². The molecule has 0 spiro atoms. The summed E-state index contributed by atoms with van der Waals surface area (Å²) >= 11 is 5.94. The molecule has 40 heavy (non-hydrogen) atoms. The Hall–Kier alpha value is -4.20. The van der Waals surface area contributed by atoms with Crippen molar-refractivity contribution in [2.45, 2.75) is 29.5 Å². The van der Waals surface area contributed by atoms with Crippen molar-refractivity contribution in [1.29, 1.82) is 0 Å². The van der Waals surface area contributed by atoms with E-state index in [4.69, 9.17) is 16.3 Å². The Kier molecular flexibility index (Phi) is 8.28. The van der Waals surface area contributed by atoms with Gasteiger partial charge in [0.15, 0.2) is 20.9 Å². The number of ketones is 1. The number of nitrogens with zero attached hydrogens (tertiary/aromatic N) is 2. The third kappa shape index (κ3) is 5.57. The molecule has 1 aliphatic rings. The fourth-order valence-corrected chi connectivity index (χ4v) is 7.07. The summed E-state index contributed by atoms with van der Waals surface area (Å²) in [6, 6.07) is 13.0. The van der Waals surface area contributed by atoms with Crippen molar-refractivity contribution in [2.24, 2.45) is 0 Å². The van der Waals surface area contributed by atoms with Crippen LogP contribution in [0.1, 0.15) is 40.5 Å². The highest BCUT2D eigenvalue weighted by Gasteiger charge is 2.56. The number of benzene rings is 3. The third-order valence-electron chi connectivity index (χ3n) is 6.50. The van der Waals surface area contributed by atoms with Crippen LogP contribution in [0.5, 0.6) is 0 Å². The summed E-state index contributed by atoms with van der Waals surface area (Å²) in [5, 5.41) is 22.0. The number of hydrogen-bond donors (Lipinski definition) is 1. The van der Waals surface area contributed by atoms with E-state index in [1.807, 2.05) is 0 Å². The molecule has 0 unspecified atom stereocenters. The first-order valence-electron chi connectivity index (χ1n) is 11.9. The smallest absolute Gasteiger partial charge is 0.326 e. The molecule has 12 nitrogen and oxygen atoms in total. The van der Waals surface area contributed by atoms with Crippen molar-refractivity contribution in [1.82, 2.24) is 5.32 Å². The molecule has 0 bridgehead atoms. The Morgan fingerprint density at radius 2 is 1.27 bits per heavy atom. The zero-order chi connectivity index (χ0) is 29.2. The second-order valence-electron chi connectivity index (χ2n) is 8.87. The number of nitrogens with one attached hydrogen (secondary N) is 1. The number of ether oxygens (including phenoxy) is 1. The van der Waals surface area contributed by atoms with Crippen LogP contribution >= 0.6 is 11.6 Å². The average Bonchev–Trinajstić information content (AvgIpc) is 2.92. The van der Waals surface area contributed by atoms with E-state index in [-0.39, 0.29) is 34.7 Å². The molecule has 0 aliphatic carbocycles. The predicted octanol–water partition coefficient (Wildman–Crippen LogP) is 4.14. The molecular weight excluding hydrogens is 566 g/mol. The number of non-ortho nitro benzene ring substituents is 2. The van der Waals surface area contributed by atoms with Gasteiger partial charge >= 0.3 is 5.97 Å². The second-order valence-corrected chi connectivity index (χ2v) is 11.5. The van der Waals surface area contributed by atoms with Crippen LogP contribution in [0, 0.1) is 20.2 Å². The number of nitro benzene ring substituents is 2. The number of esters is 1. The Labute approximate surface area is 233 Å². The number of carbonyl (C=O) groups is 2. The van der Waals surface area contributed by atoms with Gasteiger partial charge in [-0.05, 0) is 42.3 Å². The monoisotopic (exact) mass is 587 g/mol. The van der Waals surface area contributed by atoms with Gasteiger partial charge in [-0.15, -0.1) is 0 Å². The van der Waals surface area contributed by atoms with E-state index in [9.17, 15) is 38.2 Å². The Balaban J connectivity index is 1.90. The summed E-state index contributed by atoms with van der Waals surface area (Å²) in [4.78, 5) is 48.0. The molecule has 0 aromatic heterocycles. The molecular formula is C26H22ClN3O9S. The molecule has 14 heteroatoms. The van der Waals surface area contributed by atoms with E-state index in [2.05, 4.69) is 5.32 Å². The van der Waals surface area contributed by atoms with Crippen molar-refractivity contribution in [3.63, 3.8) is 0 Å². The average molecular weight is 588 g/mol. The Morgan fingerprint density at radius 3 is 1.70 bits per heavy atom. The molecule has 3 aromatic carbocycles. The van der Waals surface area contributed by atoms with Gasteiger partial charge in [-0.25, -0.2) is 8.42 Å². The zero-order valence-corrected chi connectivity index (χ0v) is 22.4. The zero-order valence-electron chi connectivity index (χ0n) is 20.8. The summed E-state index contributed by atoms with van der Waals surface area (Å²) < 4.78 is 33.5. The van der Waals surface area contributed by atoms with E-state index in [0.29, 0.717) is 5.02 Å². The van der Waals surface area contributed by atoms with Crippen LogP contribution in [0.25, 0.3) is 0 Å². The van der Waals surface area contributed by atoms with Gasteiger partial charge in [0.25, 0.3) is 11.4 Å². The normalized spacial score (nSPS) is 21.8. The number of hydrogen-bond acceptors (Lipinski definition) is 10. The largest absolute Gasteiger partial charge is 0.465 e. The van der Waals surface area contributed by atoms with Gasteiger partial charge in [0.2, 0.25) is 0 Å². The minimum Gasteiger partial charge on any atom is -0.465 e. The van der Waals surface area contributed by atoms with Crippen LogP contribution in [0.15, 0.2) is 72.8 Å². The number of nitro groups is 2. The lowest BCUT2D eigenvalue weighted by atomic mass is 9.93. The lowest BCUT2D eigenvalue weighted by Gasteiger charge is -2.41. The predicted molar refractivity (Wildman–Crippen MR) is 144 cm³/mol. The van der Waals surface area contributed by atoms with Gasteiger partial charge in [0.05, 0.1) is 28.5 Å². The van der Waals surface area contributed by atoms with E-state index in [1.54, 1.807) is 0 Å². The number of Topliss-reactive ketones (excluding diaryl/α,β-unsaturated/α-hetero) is 1. The molecule has 0 radical (unpaired) electrons. The highest BCUT2D eigenvalue weighted by Crippen LogP contribution is 2.40. The van der Waals surface area contributed by atoms with Crippen molar-refractivity contribution in [2.75, 3.05) is 6.61 Å². The summed E-state index contributed by atoms with van der Waals surface area (Å²) in [5.74, 6) is -1.93. The highest BCUT2D eigenvalue weighted by molar-refractivity contribution is 7.94. The third-order valence-corrected chi connectivity index (χ3v) is 9.12. The lowest BCUT2D eigenvalue weighted by molar-refractivity contribution is -0.385. The maximum Gasteiger partial charge on any atom is 0.326 e. The summed E-state index contributed by atoms with van der Waals surface area (Å²) in [7, 11) is -4.68. The molecule has 1 fully saturated rings. The Bertz CT molecular complexity index is 1560. The molecule has 1 aliphatic heterocycles. The number of carbonyl (C=O) groups excluding carboxylic acids is 2. The molecule has 1 saturated heterocycles. The van der Waals surface area contributed by atoms with Crippen molar-refractivity contribution < 1.29 is 32.6 Å². The first-order chi connectivity index (χ1) is 18.9. The van der Waals surface area contributed by atoms with Crippen LogP contribution in [0.4, 0.5) is 11.4 Å². The van der Waals surface area contributed by atoms with Crippen LogP contribution in [0.3, 0.4) is 0 Å². The number of rotatable bonds is 8. The minimum absolute atomic E-state index is 0.0167. The van der Waals surface area contributed by atoms with Crippen molar-refractivity contribution >= 4 is 44.6 Å². The highest BCUT2D eigenvalue weighted by atomic mass is 35.5. The second kappa shape index (κ2) is 11.5. The molecule has 4 atom stereocenters. The van der Waals surface area contributed by atoms with Gasteiger partial charge in [-0.1, -0.05) is 35.9 Å². The van der Waals surface area contributed by atoms with Crippen LogP contribution in [-0.4, -0.2) is 47.1 Å². The molecule has 1 N–H and O–H groups in total. The summed E-state index contributed by atoms with van der Waals surface area (Å²) in [6.07, 6.45) is 0. The standard InChI is InChI=1S/C26H22ClN3O9S/c1-2-39-26(32)25-22(16-7-13-20(14-8-16)30(35)36)28-21(15-5-11-19(12-6-15)29(33)34)24(40(25,37)38)23(31)17-3-9-18(27)10-4-17/h3-14,21-22,24-25,28H,2H2,1H3/t21-,22+,24+,25-/m1/s1. The SMILES string of the molecule is CCOC(=O)[C@H]1[C@H](c2ccc([N+](=O)[O-])cc2)N[C@H](c2ccc([N+](=O)[O-])cc2)[C@@H](C(=O)c2ccc(Cl)cc2)S1(=O)=O. The fraction of sp³-hybridized carbons (Fsp3) is 0.231. The number of halogens is 1. The van der Waals surface area contributed by atoms with E-state index in [0.717, 1.165) is 12.1 Å². The molecule has 0 amide bonds. The lowest BCUT2D eigenvalue weighted by Crippen LogP contribution is -2.59. The van der Waals surface area contributed by atoms with E-state index >= 15 is 0 Å². The van der Waals surface area contributed by atoms with Crippen LogP contribution < -0.4 is 5.32 Å². The molecule has 0 saturated carbocycles. The summed E-state index contributed by atoms with van der Waals surface area (Å²) in [6.45, 7) is 1.36. The maximum absolute atomic E-state index is 14.2. The first kappa shape index (κ1) is 28.8. The molecule has 208 valence electrons. The molecule has 3 aromatic rings. The van der Waals surface area contributed by atoms with Gasteiger partial charge in [0, 0.05) is 34.9 Å². The van der Waals surface area contributed by atoms with Gasteiger partial charge in [-0.3, -0.25) is 35.1 Å². The Morgan fingerprint density at radius 1 is 0.825 bits per heavy atom. The van der Waals surface area contributed by atoms with E-state index < -0.39 is 54.0 Å². The van der Waals surface area contributed by atoms with Crippen molar-refractivity contribution in [3.05, 3.63) is 115 Å². The minimum atomic E-state index is -4.68.